The maximum absolute atomic E-state index is 11.1. The predicted octanol–water partition coefficient (Wildman–Crippen LogP) is 0.534. The van der Waals surface area contributed by atoms with Crippen molar-refractivity contribution in [1.29, 1.82) is 0 Å². The summed E-state index contributed by atoms with van der Waals surface area (Å²) in [6.07, 6.45) is -3.48. The first-order valence-electron chi connectivity index (χ1n) is 5.31. The van der Waals surface area contributed by atoms with Gasteiger partial charge in [-0.15, -0.1) is 0 Å². The first-order valence-corrected chi connectivity index (χ1v) is 5.68. The molecule has 1 aromatic carbocycles. The zero-order valence-electron chi connectivity index (χ0n) is 10.0. The van der Waals surface area contributed by atoms with Crippen molar-refractivity contribution in [3.8, 4) is 0 Å². The minimum Gasteiger partial charge on any atom is -0.481 e. The Morgan fingerprint density at radius 2 is 2.00 bits per heavy atom. The summed E-state index contributed by atoms with van der Waals surface area (Å²) in [5.41, 5.74) is 0.565. The summed E-state index contributed by atoms with van der Waals surface area (Å²) < 4.78 is 4.30. The molecule has 104 valence electrons. The van der Waals surface area contributed by atoms with Crippen LogP contribution in [0.3, 0.4) is 0 Å². The smallest absolute Gasteiger partial charge is 0.337 e. The van der Waals surface area contributed by atoms with E-state index in [9.17, 15) is 19.8 Å². The van der Waals surface area contributed by atoms with Gasteiger partial charge in [0.2, 0.25) is 0 Å². The number of hydrogen-bond donors (Lipinski definition) is 3. The molecule has 1 aromatic rings. The third-order valence-corrected chi connectivity index (χ3v) is 2.85. The molecule has 0 fully saturated rings. The number of ether oxygens (including phenoxy) is 1. The summed E-state index contributed by atoms with van der Waals surface area (Å²) in [5.74, 6) is -2.01. The molecule has 0 bridgehead atoms. The van der Waals surface area contributed by atoms with Crippen LogP contribution in [0, 0.1) is 0 Å². The van der Waals surface area contributed by atoms with Gasteiger partial charge in [-0.1, -0.05) is 23.7 Å². The van der Waals surface area contributed by atoms with Crippen LogP contribution in [0.4, 0.5) is 0 Å². The quantitative estimate of drug-likeness (QED) is 0.683. The van der Waals surface area contributed by atoms with Gasteiger partial charge in [0.15, 0.2) is 6.10 Å². The topological polar surface area (TPSA) is 104 Å². The van der Waals surface area contributed by atoms with E-state index in [1.165, 1.54) is 18.2 Å². The number of aliphatic hydroxyl groups is 2. The molecule has 0 spiro atoms. The van der Waals surface area contributed by atoms with Gasteiger partial charge in [-0.3, -0.25) is 4.79 Å². The zero-order chi connectivity index (χ0) is 14.6. The van der Waals surface area contributed by atoms with Crippen LogP contribution in [0.25, 0.3) is 0 Å². The van der Waals surface area contributed by atoms with Crippen molar-refractivity contribution in [3.05, 3.63) is 34.3 Å². The van der Waals surface area contributed by atoms with E-state index in [0.29, 0.717) is 5.56 Å². The molecular weight excluding hydrogens is 276 g/mol. The van der Waals surface area contributed by atoms with Gasteiger partial charge in [-0.25, -0.2) is 4.79 Å². The van der Waals surface area contributed by atoms with Crippen molar-refractivity contribution in [2.45, 2.75) is 18.6 Å². The highest BCUT2D eigenvalue weighted by Crippen LogP contribution is 2.24. The van der Waals surface area contributed by atoms with Crippen LogP contribution >= 0.6 is 11.6 Å². The molecule has 19 heavy (non-hydrogen) atoms. The number of aliphatic hydroxyl groups excluding tert-OH is 2. The second-order valence-corrected chi connectivity index (χ2v) is 4.24. The second kappa shape index (κ2) is 6.51. The van der Waals surface area contributed by atoms with Crippen LogP contribution in [0.5, 0.6) is 0 Å². The molecule has 0 aliphatic heterocycles. The fourth-order valence-electron chi connectivity index (χ4n) is 1.49. The Morgan fingerprint density at radius 1 is 1.37 bits per heavy atom. The third-order valence-electron chi connectivity index (χ3n) is 2.50. The van der Waals surface area contributed by atoms with Crippen LogP contribution < -0.4 is 0 Å². The lowest BCUT2D eigenvalue weighted by Crippen LogP contribution is -2.29. The summed E-state index contributed by atoms with van der Waals surface area (Å²) in [6.45, 7) is 0. The lowest BCUT2D eigenvalue weighted by Gasteiger charge is -2.16. The molecule has 2 atom stereocenters. The molecule has 2 unspecified atom stereocenters. The number of methoxy groups -OCH3 is 1. The van der Waals surface area contributed by atoms with Crippen LogP contribution in [-0.2, 0) is 20.7 Å². The highest BCUT2D eigenvalue weighted by atomic mass is 35.5. The van der Waals surface area contributed by atoms with Gasteiger partial charge < -0.3 is 20.1 Å². The van der Waals surface area contributed by atoms with Gasteiger partial charge in [0.1, 0.15) is 6.10 Å². The third kappa shape index (κ3) is 3.92. The molecule has 0 saturated heterocycles. The number of esters is 1. The van der Waals surface area contributed by atoms with E-state index >= 15 is 0 Å². The summed E-state index contributed by atoms with van der Waals surface area (Å²) >= 11 is 5.86. The highest BCUT2D eigenvalue weighted by molar-refractivity contribution is 6.31. The molecule has 6 nitrogen and oxygen atoms in total. The monoisotopic (exact) mass is 288 g/mol. The number of carbonyl (C=O) groups excluding carboxylic acids is 1. The van der Waals surface area contributed by atoms with Gasteiger partial charge in [-0.05, 0) is 17.2 Å². The number of benzene rings is 1. The minimum absolute atomic E-state index is 0.135. The molecule has 0 aliphatic rings. The molecule has 7 heteroatoms. The van der Waals surface area contributed by atoms with E-state index < -0.39 is 24.1 Å². The molecule has 1 rings (SSSR count). The van der Waals surface area contributed by atoms with E-state index in [0.717, 1.165) is 7.11 Å². The summed E-state index contributed by atoms with van der Waals surface area (Å²) in [5, 5.41) is 28.0. The molecule has 0 heterocycles. The van der Waals surface area contributed by atoms with E-state index in [4.69, 9.17) is 16.7 Å². The molecule has 3 N–H and O–H groups in total. The maximum atomic E-state index is 11.1. The number of rotatable bonds is 5. The van der Waals surface area contributed by atoms with Crippen molar-refractivity contribution >= 4 is 23.5 Å². The summed E-state index contributed by atoms with van der Waals surface area (Å²) in [7, 11) is 1.08. The summed E-state index contributed by atoms with van der Waals surface area (Å²) in [6, 6.07) is 4.11. The number of carbonyl (C=O) groups is 2. The van der Waals surface area contributed by atoms with Crippen molar-refractivity contribution in [2.75, 3.05) is 7.11 Å². The van der Waals surface area contributed by atoms with E-state index in [2.05, 4.69) is 4.74 Å². The normalized spacial score (nSPS) is 13.7. The number of hydrogen-bond acceptors (Lipinski definition) is 5. The van der Waals surface area contributed by atoms with Gasteiger partial charge in [0.05, 0.1) is 13.5 Å². The molecule has 0 aromatic heterocycles. The fourth-order valence-corrected chi connectivity index (χ4v) is 1.74. The van der Waals surface area contributed by atoms with E-state index in [1.54, 1.807) is 0 Å². The predicted molar refractivity (Wildman–Crippen MR) is 65.8 cm³/mol. The van der Waals surface area contributed by atoms with Crippen LogP contribution in [-0.4, -0.2) is 40.5 Å². The first-order chi connectivity index (χ1) is 8.86. The number of halogens is 1. The van der Waals surface area contributed by atoms with Crippen LogP contribution in [0.15, 0.2) is 18.2 Å². The fraction of sp³-hybridized carbons (Fsp3) is 0.333. The van der Waals surface area contributed by atoms with Crippen molar-refractivity contribution in [2.24, 2.45) is 0 Å². The Labute approximate surface area is 114 Å². The van der Waals surface area contributed by atoms with Gasteiger partial charge >= 0.3 is 11.9 Å². The van der Waals surface area contributed by atoms with Crippen molar-refractivity contribution in [3.63, 3.8) is 0 Å². The van der Waals surface area contributed by atoms with Crippen molar-refractivity contribution in [1.82, 2.24) is 0 Å². The lowest BCUT2D eigenvalue weighted by atomic mass is 10.0. The molecule has 0 saturated carbocycles. The maximum Gasteiger partial charge on any atom is 0.337 e. The van der Waals surface area contributed by atoms with Gasteiger partial charge in [-0.2, -0.15) is 0 Å². The standard InChI is InChI=1S/C12H13ClO6/c1-19-12(18)11(17)10(16)7-3-2-6(5-9(14)15)8(13)4-7/h2-4,10-11,16-17H,5H2,1H3,(H,14,15). The average Bonchev–Trinajstić information content (AvgIpc) is 2.38. The Hall–Kier alpha value is -1.63. The number of carboxylic acid groups (broad SMARTS) is 1. The molecule has 0 radical (unpaired) electrons. The van der Waals surface area contributed by atoms with Crippen molar-refractivity contribution < 1.29 is 29.6 Å². The van der Waals surface area contributed by atoms with Crippen LogP contribution in [0.2, 0.25) is 5.02 Å². The summed E-state index contributed by atoms with van der Waals surface area (Å²) in [4.78, 5) is 21.6. The SMILES string of the molecule is COC(=O)C(O)C(O)c1ccc(CC(=O)O)c(Cl)c1. The Morgan fingerprint density at radius 3 is 2.47 bits per heavy atom. The van der Waals surface area contributed by atoms with E-state index in [-0.39, 0.29) is 17.0 Å². The minimum atomic E-state index is -1.73. The molecular formula is C12H13ClO6. The second-order valence-electron chi connectivity index (χ2n) is 3.83. The first kappa shape index (κ1) is 15.4. The van der Waals surface area contributed by atoms with Gasteiger partial charge in [0, 0.05) is 5.02 Å². The number of carboxylic acids is 1. The zero-order valence-corrected chi connectivity index (χ0v) is 10.8. The Balaban J connectivity index is 2.94. The molecule has 0 amide bonds. The average molecular weight is 289 g/mol. The largest absolute Gasteiger partial charge is 0.481 e. The Bertz CT molecular complexity index is 487. The highest BCUT2D eigenvalue weighted by Gasteiger charge is 2.26. The Kier molecular flexibility index (Phi) is 5.29. The molecule has 0 aliphatic carbocycles. The van der Waals surface area contributed by atoms with E-state index in [1.807, 2.05) is 0 Å². The van der Waals surface area contributed by atoms with Gasteiger partial charge in [0.25, 0.3) is 0 Å². The number of aliphatic carboxylic acids is 1. The lowest BCUT2D eigenvalue weighted by molar-refractivity contribution is -0.156. The van der Waals surface area contributed by atoms with Crippen LogP contribution in [0.1, 0.15) is 17.2 Å².